The zero-order chi connectivity index (χ0) is 23.0. The molecule has 170 valence electrons. The number of carbonyl (C=O) groups is 1. The van der Waals surface area contributed by atoms with Gasteiger partial charge in [0.25, 0.3) is 5.92 Å². The van der Waals surface area contributed by atoms with Gasteiger partial charge in [0.15, 0.2) is 5.69 Å². The molecule has 2 heterocycles. The fraction of sp³-hybridized carbons (Fsp3) is 0.571. The van der Waals surface area contributed by atoms with E-state index < -0.39 is 48.2 Å². The standard InChI is InChI=1S/C21H27F2N3O5/c1-5-21(22,23)16-17(25-14-9-7-6-8-13(14)24-16)30-12-10-15(18(27)28)26(11-12)19(29)31-20(2,3)4/h6-9,12,15,19,29H,5,10-11H2,1-4H3,(H,27,28)/t12-,15+,19?/m1/s1. The fourth-order valence-electron chi connectivity index (χ4n) is 3.41. The van der Waals surface area contributed by atoms with E-state index in [1.165, 1.54) is 11.8 Å². The lowest BCUT2D eigenvalue weighted by atomic mass is 10.1. The summed E-state index contributed by atoms with van der Waals surface area (Å²) in [4.78, 5) is 21.2. The number of aliphatic hydroxyl groups excluding tert-OH is 1. The molecular weight excluding hydrogens is 412 g/mol. The fourth-order valence-corrected chi connectivity index (χ4v) is 3.41. The number of alkyl halides is 2. The van der Waals surface area contributed by atoms with E-state index in [0.717, 1.165) is 0 Å². The van der Waals surface area contributed by atoms with Crippen molar-refractivity contribution >= 4 is 17.0 Å². The highest BCUT2D eigenvalue weighted by Crippen LogP contribution is 2.37. The van der Waals surface area contributed by atoms with E-state index >= 15 is 0 Å². The number of likely N-dealkylation sites (tertiary alicyclic amines) is 1. The smallest absolute Gasteiger partial charge is 0.321 e. The van der Waals surface area contributed by atoms with Crippen LogP contribution in [-0.2, 0) is 15.5 Å². The maximum atomic E-state index is 14.6. The van der Waals surface area contributed by atoms with Crippen LogP contribution in [0.15, 0.2) is 24.3 Å². The summed E-state index contributed by atoms with van der Waals surface area (Å²) >= 11 is 0. The molecule has 3 atom stereocenters. The molecule has 2 N–H and O–H groups in total. The SMILES string of the molecule is CCC(F)(F)c1nc2ccccc2nc1O[C@@H]1C[C@@H](C(=O)O)N(C(O)OC(C)(C)C)C1. The highest BCUT2D eigenvalue weighted by molar-refractivity contribution is 5.75. The van der Waals surface area contributed by atoms with Crippen LogP contribution in [0.3, 0.4) is 0 Å². The van der Waals surface area contributed by atoms with E-state index in [9.17, 15) is 23.8 Å². The Morgan fingerprint density at radius 1 is 1.26 bits per heavy atom. The molecule has 0 amide bonds. The van der Waals surface area contributed by atoms with E-state index in [1.54, 1.807) is 45.0 Å². The molecule has 1 aromatic heterocycles. The maximum Gasteiger partial charge on any atom is 0.321 e. The number of halogens is 2. The molecule has 0 bridgehead atoms. The molecule has 0 radical (unpaired) electrons. The molecule has 1 fully saturated rings. The lowest BCUT2D eigenvalue weighted by molar-refractivity contribution is -0.244. The zero-order valence-electron chi connectivity index (χ0n) is 17.9. The quantitative estimate of drug-likeness (QED) is 0.634. The van der Waals surface area contributed by atoms with Crippen LogP contribution >= 0.6 is 0 Å². The van der Waals surface area contributed by atoms with Crippen molar-refractivity contribution in [1.29, 1.82) is 0 Å². The zero-order valence-corrected chi connectivity index (χ0v) is 17.9. The number of carboxylic acid groups (broad SMARTS) is 1. The summed E-state index contributed by atoms with van der Waals surface area (Å²) in [7, 11) is 0. The van der Waals surface area contributed by atoms with Gasteiger partial charge in [-0.1, -0.05) is 19.1 Å². The summed E-state index contributed by atoms with van der Waals surface area (Å²) in [5.74, 6) is -4.79. The van der Waals surface area contributed by atoms with Gasteiger partial charge in [0.2, 0.25) is 12.3 Å². The number of hydrogen-bond acceptors (Lipinski definition) is 7. The lowest BCUT2D eigenvalue weighted by Gasteiger charge is -2.31. The van der Waals surface area contributed by atoms with Crippen molar-refractivity contribution < 1.29 is 33.3 Å². The molecule has 1 aliphatic heterocycles. The van der Waals surface area contributed by atoms with Gasteiger partial charge in [0.1, 0.15) is 12.1 Å². The Hall–Kier alpha value is -2.43. The normalized spacial score (nSPS) is 21.4. The summed E-state index contributed by atoms with van der Waals surface area (Å²) in [6, 6.07) is 5.49. The molecule has 0 saturated carbocycles. The number of hydrogen-bond donors (Lipinski definition) is 2. The van der Waals surface area contributed by atoms with E-state index in [0.29, 0.717) is 11.0 Å². The number of fused-ring (bicyclic) bond motifs is 1. The lowest BCUT2D eigenvalue weighted by Crippen LogP contribution is -2.47. The number of para-hydroxylation sites is 2. The Labute approximate surface area is 178 Å². The number of aliphatic carboxylic acids is 1. The highest BCUT2D eigenvalue weighted by Gasteiger charge is 2.44. The molecule has 0 aliphatic carbocycles. The van der Waals surface area contributed by atoms with Crippen LogP contribution in [0, 0.1) is 0 Å². The summed E-state index contributed by atoms with van der Waals surface area (Å²) in [6.07, 6.45) is -2.83. The molecule has 1 aliphatic rings. The average Bonchev–Trinajstić information content (AvgIpc) is 3.10. The van der Waals surface area contributed by atoms with Crippen LogP contribution < -0.4 is 4.74 Å². The average molecular weight is 439 g/mol. The minimum absolute atomic E-state index is 0.0362. The van der Waals surface area contributed by atoms with Crippen molar-refractivity contribution in [2.45, 2.75) is 70.6 Å². The summed E-state index contributed by atoms with van der Waals surface area (Å²) in [6.45, 7) is 6.46. The highest BCUT2D eigenvalue weighted by atomic mass is 19.3. The number of aromatic nitrogens is 2. The molecule has 1 unspecified atom stereocenters. The van der Waals surface area contributed by atoms with Crippen LogP contribution in [0.1, 0.15) is 46.2 Å². The van der Waals surface area contributed by atoms with Crippen molar-refractivity contribution in [1.82, 2.24) is 14.9 Å². The predicted molar refractivity (Wildman–Crippen MR) is 108 cm³/mol. The third kappa shape index (κ3) is 5.25. The van der Waals surface area contributed by atoms with Gasteiger partial charge >= 0.3 is 5.97 Å². The van der Waals surface area contributed by atoms with Crippen molar-refractivity contribution in [2.75, 3.05) is 6.54 Å². The maximum absolute atomic E-state index is 14.6. The molecule has 3 rings (SSSR count). The van der Waals surface area contributed by atoms with Gasteiger partial charge in [0, 0.05) is 19.4 Å². The minimum atomic E-state index is -3.27. The van der Waals surface area contributed by atoms with Crippen molar-refractivity contribution in [3.63, 3.8) is 0 Å². The molecular formula is C21H27F2N3O5. The van der Waals surface area contributed by atoms with E-state index in [4.69, 9.17) is 9.47 Å². The predicted octanol–water partition coefficient (Wildman–Crippen LogP) is 3.13. The first-order valence-corrected chi connectivity index (χ1v) is 10.1. The molecule has 1 saturated heterocycles. The van der Waals surface area contributed by atoms with Crippen molar-refractivity contribution in [3.05, 3.63) is 30.0 Å². The third-order valence-corrected chi connectivity index (χ3v) is 4.94. The number of nitrogens with zero attached hydrogens (tertiary/aromatic N) is 3. The van der Waals surface area contributed by atoms with Crippen LogP contribution in [0.2, 0.25) is 0 Å². The number of benzene rings is 1. The van der Waals surface area contributed by atoms with Gasteiger partial charge in [-0.3, -0.25) is 4.79 Å². The second kappa shape index (κ2) is 8.60. The minimum Gasteiger partial charge on any atom is -0.480 e. The van der Waals surface area contributed by atoms with E-state index in [2.05, 4.69) is 9.97 Å². The van der Waals surface area contributed by atoms with Crippen LogP contribution in [0.5, 0.6) is 5.88 Å². The first kappa shape index (κ1) is 23.2. The molecule has 0 spiro atoms. The Bertz CT molecular complexity index is 950. The number of ether oxygens (including phenoxy) is 2. The largest absolute Gasteiger partial charge is 0.480 e. The van der Waals surface area contributed by atoms with E-state index in [-0.39, 0.29) is 18.8 Å². The molecule has 2 aromatic rings. The van der Waals surface area contributed by atoms with Crippen LogP contribution in [0.4, 0.5) is 8.78 Å². The van der Waals surface area contributed by atoms with Crippen molar-refractivity contribution in [3.8, 4) is 5.88 Å². The van der Waals surface area contributed by atoms with E-state index in [1.807, 2.05) is 0 Å². The second-order valence-electron chi connectivity index (χ2n) is 8.51. The van der Waals surface area contributed by atoms with Gasteiger partial charge < -0.3 is 19.7 Å². The molecule has 8 nitrogen and oxygen atoms in total. The van der Waals surface area contributed by atoms with Gasteiger partial charge in [-0.25, -0.2) is 14.9 Å². The Morgan fingerprint density at radius 3 is 2.42 bits per heavy atom. The Morgan fingerprint density at radius 2 is 1.87 bits per heavy atom. The van der Waals surface area contributed by atoms with Crippen molar-refractivity contribution in [2.24, 2.45) is 0 Å². The van der Waals surface area contributed by atoms with Gasteiger partial charge in [-0.05, 0) is 32.9 Å². The summed E-state index contributed by atoms with van der Waals surface area (Å²) < 4.78 is 40.4. The van der Waals surface area contributed by atoms with Crippen LogP contribution in [0.25, 0.3) is 11.0 Å². The van der Waals surface area contributed by atoms with Gasteiger partial charge in [-0.15, -0.1) is 0 Å². The Kier molecular flexibility index (Phi) is 6.45. The number of carboxylic acids is 1. The van der Waals surface area contributed by atoms with Gasteiger partial charge in [-0.2, -0.15) is 8.78 Å². The monoisotopic (exact) mass is 439 g/mol. The summed E-state index contributed by atoms with van der Waals surface area (Å²) in [5, 5.41) is 20.0. The number of rotatable bonds is 7. The third-order valence-electron chi connectivity index (χ3n) is 4.94. The topological polar surface area (TPSA) is 105 Å². The summed E-state index contributed by atoms with van der Waals surface area (Å²) in [5.41, 5.74) is -0.621. The molecule has 31 heavy (non-hydrogen) atoms. The van der Waals surface area contributed by atoms with Gasteiger partial charge in [0.05, 0.1) is 16.6 Å². The van der Waals surface area contributed by atoms with Crippen LogP contribution in [-0.4, -0.2) is 61.8 Å². The second-order valence-corrected chi connectivity index (χ2v) is 8.51. The Balaban J connectivity index is 1.91. The molecule has 1 aromatic carbocycles. The molecule has 10 heteroatoms. The first-order chi connectivity index (χ1) is 14.4. The number of aliphatic hydroxyl groups is 1. The first-order valence-electron chi connectivity index (χ1n) is 10.1.